The fourth-order valence-corrected chi connectivity index (χ4v) is 2.40. The van der Waals surface area contributed by atoms with Gasteiger partial charge in [0.15, 0.2) is 0 Å². The number of halogens is 2. The van der Waals surface area contributed by atoms with Gasteiger partial charge in [0, 0.05) is 22.3 Å². The number of amides is 2. The number of benzene rings is 2. The Morgan fingerprint density at radius 2 is 1.64 bits per heavy atom. The molecule has 2 N–H and O–H groups in total. The first-order valence-electron chi connectivity index (χ1n) is 6.55. The lowest BCUT2D eigenvalue weighted by Crippen LogP contribution is -2.35. The van der Waals surface area contributed by atoms with Gasteiger partial charge >= 0.3 is 11.8 Å². The number of anilines is 1. The summed E-state index contributed by atoms with van der Waals surface area (Å²) in [4.78, 5) is 23.6. The zero-order chi connectivity index (χ0) is 16.1. The van der Waals surface area contributed by atoms with Crippen molar-refractivity contribution in [3.8, 4) is 0 Å². The second kappa shape index (κ2) is 7.29. The van der Waals surface area contributed by atoms with E-state index in [1.165, 1.54) is 18.2 Å². The summed E-state index contributed by atoms with van der Waals surface area (Å²) in [6.45, 7) is 2.23. The summed E-state index contributed by atoms with van der Waals surface area (Å²) in [5.74, 6) is -1.49. The molecule has 0 unspecified atom stereocenters. The lowest BCUT2D eigenvalue weighted by Gasteiger charge is -2.09. The van der Waals surface area contributed by atoms with Gasteiger partial charge < -0.3 is 10.6 Å². The minimum atomic E-state index is -0.771. The number of hydrogen-bond donors (Lipinski definition) is 2. The number of carbonyl (C=O) groups is 2. The van der Waals surface area contributed by atoms with Crippen LogP contribution in [0.5, 0.6) is 0 Å². The van der Waals surface area contributed by atoms with E-state index in [1.807, 2.05) is 31.2 Å². The number of nitrogens with one attached hydrogen (secondary N) is 2. The van der Waals surface area contributed by atoms with E-state index >= 15 is 0 Å². The lowest BCUT2D eigenvalue weighted by molar-refractivity contribution is -0.136. The minimum absolute atomic E-state index is 0.287. The van der Waals surface area contributed by atoms with Crippen molar-refractivity contribution in [3.63, 3.8) is 0 Å². The van der Waals surface area contributed by atoms with Crippen LogP contribution in [0.4, 0.5) is 5.69 Å². The molecule has 0 saturated carbocycles. The average Bonchev–Trinajstić information content (AvgIpc) is 2.45. The van der Waals surface area contributed by atoms with Gasteiger partial charge in [-0.1, -0.05) is 47.5 Å². The highest BCUT2D eigenvalue weighted by Gasteiger charge is 2.14. The van der Waals surface area contributed by atoms with Crippen LogP contribution < -0.4 is 10.6 Å². The van der Waals surface area contributed by atoms with Gasteiger partial charge in [-0.25, -0.2) is 0 Å². The van der Waals surface area contributed by atoms with Crippen LogP contribution in [-0.4, -0.2) is 11.8 Å². The van der Waals surface area contributed by atoms with Gasteiger partial charge in [0.05, 0.1) is 0 Å². The third-order valence-electron chi connectivity index (χ3n) is 3.03. The molecule has 0 aliphatic rings. The quantitative estimate of drug-likeness (QED) is 0.842. The molecule has 0 bridgehead atoms. The van der Waals surface area contributed by atoms with E-state index in [9.17, 15) is 9.59 Å². The zero-order valence-corrected chi connectivity index (χ0v) is 13.3. The molecule has 0 radical (unpaired) electrons. The summed E-state index contributed by atoms with van der Waals surface area (Å²) in [5.41, 5.74) is 2.37. The number of carbonyl (C=O) groups excluding carboxylic acids is 2. The standard InChI is InChI=1S/C16H14Cl2N2O2/c1-10-4-2-3-5-11(10)9-19-15(21)16(22)20-14-7-12(17)6-13(18)8-14/h2-8H,9H2,1H3,(H,19,21)(H,20,22). The first kappa shape index (κ1) is 16.3. The molecule has 0 spiro atoms. The number of rotatable bonds is 3. The summed E-state index contributed by atoms with van der Waals surface area (Å²) >= 11 is 11.7. The molecule has 4 nitrogen and oxygen atoms in total. The highest BCUT2D eigenvalue weighted by atomic mass is 35.5. The molecule has 0 aliphatic carbocycles. The van der Waals surface area contributed by atoms with Crippen molar-refractivity contribution in [2.75, 3.05) is 5.32 Å². The second-order valence-electron chi connectivity index (χ2n) is 4.72. The fourth-order valence-electron chi connectivity index (χ4n) is 1.88. The van der Waals surface area contributed by atoms with Gasteiger partial charge in [-0.15, -0.1) is 0 Å². The van der Waals surface area contributed by atoms with Crippen LogP contribution in [0.15, 0.2) is 42.5 Å². The first-order valence-corrected chi connectivity index (χ1v) is 7.31. The third kappa shape index (κ3) is 4.48. The van der Waals surface area contributed by atoms with Crippen molar-refractivity contribution in [1.82, 2.24) is 5.32 Å². The van der Waals surface area contributed by atoms with Crippen LogP contribution in [0.2, 0.25) is 10.0 Å². The maximum Gasteiger partial charge on any atom is 0.313 e. The molecule has 22 heavy (non-hydrogen) atoms. The van der Waals surface area contributed by atoms with Crippen LogP contribution in [0.1, 0.15) is 11.1 Å². The topological polar surface area (TPSA) is 58.2 Å². The Morgan fingerprint density at radius 1 is 1.00 bits per heavy atom. The monoisotopic (exact) mass is 336 g/mol. The predicted octanol–water partition coefficient (Wildman–Crippen LogP) is 3.56. The molecule has 0 aliphatic heterocycles. The molecular weight excluding hydrogens is 323 g/mol. The molecule has 0 fully saturated rings. The van der Waals surface area contributed by atoms with Crippen molar-refractivity contribution in [2.24, 2.45) is 0 Å². The Morgan fingerprint density at radius 3 is 2.27 bits per heavy atom. The van der Waals surface area contributed by atoms with E-state index in [-0.39, 0.29) is 6.54 Å². The van der Waals surface area contributed by atoms with E-state index in [4.69, 9.17) is 23.2 Å². The van der Waals surface area contributed by atoms with E-state index < -0.39 is 11.8 Å². The molecule has 0 heterocycles. The van der Waals surface area contributed by atoms with Gasteiger partial charge in [0.25, 0.3) is 0 Å². The highest BCUT2D eigenvalue weighted by molar-refractivity contribution is 6.40. The van der Waals surface area contributed by atoms with Gasteiger partial charge in [-0.05, 0) is 36.2 Å². The summed E-state index contributed by atoms with van der Waals surface area (Å²) in [6, 6.07) is 12.2. The maximum absolute atomic E-state index is 11.8. The van der Waals surface area contributed by atoms with Crippen LogP contribution >= 0.6 is 23.2 Å². The van der Waals surface area contributed by atoms with Crippen LogP contribution in [0.3, 0.4) is 0 Å². The first-order chi connectivity index (χ1) is 10.5. The fraction of sp³-hybridized carbons (Fsp3) is 0.125. The van der Waals surface area contributed by atoms with Gasteiger partial charge in [-0.2, -0.15) is 0 Å². The van der Waals surface area contributed by atoms with E-state index in [1.54, 1.807) is 0 Å². The van der Waals surface area contributed by atoms with Crippen LogP contribution in [0.25, 0.3) is 0 Å². The summed E-state index contributed by atoms with van der Waals surface area (Å²) in [7, 11) is 0. The molecular formula is C16H14Cl2N2O2. The Bertz CT molecular complexity index is 697. The Balaban J connectivity index is 1.95. The molecule has 2 aromatic rings. The smallest absolute Gasteiger partial charge is 0.313 e. The van der Waals surface area contributed by atoms with Crippen molar-refractivity contribution >= 4 is 40.7 Å². The molecule has 2 rings (SSSR count). The largest absolute Gasteiger partial charge is 0.344 e. The summed E-state index contributed by atoms with van der Waals surface area (Å²) in [5, 5.41) is 5.78. The SMILES string of the molecule is Cc1ccccc1CNC(=O)C(=O)Nc1cc(Cl)cc(Cl)c1. The second-order valence-corrected chi connectivity index (χ2v) is 5.59. The Hall–Kier alpha value is -2.04. The maximum atomic E-state index is 11.8. The van der Waals surface area contributed by atoms with E-state index in [0.29, 0.717) is 15.7 Å². The highest BCUT2D eigenvalue weighted by Crippen LogP contribution is 2.22. The molecule has 0 atom stereocenters. The van der Waals surface area contributed by atoms with Gasteiger partial charge in [0.1, 0.15) is 0 Å². The van der Waals surface area contributed by atoms with Crippen LogP contribution in [-0.2, 0) is 16.1 Å². The minimum Gasteiger partial charge on any atom is -0.344 e. The molecule has 114 valence electrons. The van der Waals surface area contributed by atoms with Crippen molar-refractivity contribution in [1.29, 1.82) is 0 Å². The van der Waals surface area contributed by atoms with Crippen molar-refractivity contribution in [2.45, 2.75) is 13.5 Å². The average molecular weight is 337 g/mol. The van der Waals surface area contributed by atoms with Gasteiger partial charge in [0.2, 0.25) is 0 Å². The normalized spacial score (nSPS) is 10.1. The third-order valence-corrected chi connectivity index (χ3v) is 3.46. The van der Waals surface area contributed by atoms with Crippen LogP contribution in [0, 0.1) is 6.92 Å². The number of hydrogen-bond acceptors (Lipinski definition) is 2. The summed E-state index contributed by atoms with van der Waals surface area (Å²) < 4.78 is 0. The Labute approximate surface area is 138 Å². The molecule has 0 aromatic heterocycles. The van der Waals surface area contributed by atoms with Crippen molar-refractivity contribution in [3.05, 3.63) is 63.6 Å². The van der Waals surface area contributed by atoms with Gasteiger partial charge in [-0.3, -0.25) is 9.59 Å². The van der Waals surface area contributed by atoms with Crippen molar-refractivity contribution < 1.29 is 9.59 Å². The molecule has 2 amide bonds. The molecule has 6 heteroatoms. The number of aryl methyl sites for hydroxylation is 1. The molecule has 2 aromatic carbocycles. The lowest BCUT2D eigenvalue weighted by atomic mass is 10.1. The molecule has 0 saturated heterocycles. The predicted molar refractivity (Wildman–Crippen MR) is 88.1 cm³/mol. The zero-order valence-electron chi connectivity index (χ0n) is 11.8. The van der Waals surface area contributed by atoms with E-state index in [0.717, 1.165) is 11.1 Å². The Kier molecular flexibility index (Phi) is 5.41. The summed E-state index contributed by atoms with van der Waals surface area (Å²) in [6.07, 6.45) is 0. The van der Waals surface area contributed by atoms with E-state index in [2.05, 4.69) is 10.6 Å².